The van der Waals surface area contributed by atoms with E-state index >= 15 is 0 Å². The monoisotopic (exact) mass is 254 g/mol. The first kappa shape index (κ1) is 12.5. The van der Waals surface area contributed by atoms with Crippen LogP contribution >= 0.6 is 11.3 Å². The summed E-state index contributed by atoms with van der Waals surface area (Å²) < 4.78 is 2.13. The Bertz CT molecular complexity index is 756. The maximum absolute atomic E-state index is 12.2. The molecule has 0 bridgehead atoms. The van der Waals surface area contributed by atoms with Crippen molar-refractivity contribution < 1.29 is 0 Å². The Labute approximate surface area is 110 Å². The third kappa shape index (κ3) is 2.07. The van der Waals surface area contributed by atoms with Crippen LogP contribution in [0.1, 0.15) is 5.56 Å². The predicted octanol–water partition coefficient (Wildman–Crippen LogP) is 4.53. The van der Waals surface area contributed by atoms with E-state index in [9.17, 15) is 4.79 Å². The highest BCUT2D eigenvalue weighted by Gasteiger charge is 2.04. The van der Waals surface area contributed by atoms with Gasteiger partial charge in [0.05, 0.1) is 0 Å². The Balaban J connectivity index is 0.000000574. The summed E-state index contributed by atoms with van der Waals surface area (Å²) >= 11 is 1.68. The highest BCUT2D eigenvalue weighted by atomic mass is 32.1. The molecule has 1 aromatic heterocycles. The fraction of sp³-hybridized carbons (Fsp3) is 0.0625. The third-order valence-corrected chi connectivity index (χ3v) is 3.87. The van der Waals surface area contributed by atoms with Crippen molar-refractivity contribution in [3.8, 4) is 0 Å². The third-order valence-electron chi connectivity index (χ3n) is 2.73. The van der Waals surface area contributed by atoms with Crippen molar-refractivity contribution in [2.45, 2.75) is 6.92 Å². The first-order chi connectivity index (χ1) is 8.75. The first-order valence-corrected chi connectivity index (χ1v) is 6.49. The van der Waals surface area contributed by atoms with Gasteiger partial charge in [0.15, 0.2) is 5.43 Å². The zero-order valence-corrected chi connectivity index (χ0v) is 11.1. The number of benzene rings is 2. The first-order valence-electron chi connectivity index (χ1n) is 5.68. The van der Waals surface area contributed by atoms with E-state index in [0.717, 1.165) is 20.2 Å². The van der Waals surface area contributed by atoms with Crippen molar-refractivity contribution in [1.82, 2.24) is 0 Å². The van der Waals surface area contributed by atoms with Crippen molar-refractivity contribution >= 4 is 31.5 Å². The molecule has 2 aromatic carbocycles. The van der Waals surface area contributed by atoms with E-state index in [1.165, 1.54) is 5.56 Å². The van der Waals surface area contributed by atoms with Gasteiger partial charge in [-0.05, 0) is 36.8 Å². The van der Waals surface area contributed by atoms with Crippen LogP contribution in [0, 0.1) is 6.92 Å². The van der Waals surface area contributed by atoms with E-state index in [1.807, 2.05) is 43.3 Å². The number of aryl methyl sites for hydroxylation is 1. The Morgan fingerprint density at radius 3 is 2.39 bits per heavy atom. The minimum atomic E-state index is 0.143. The summed E-state index contributed by atoms with van der Waals surface area (Å²) in [6.07, 6.45) is 0. The van der Waals surface area contributed by atoms with Crippen LogP contribution in [0.4, 0.5) is 0 Å². The average molecular weight is 254 g/mol. The van der Waals surface area contributed by atoms with Crippen molar-refractivity contribution in [1.29, 1.82) is 0 Å². The van der Waals surface area contributed by atoms with Gasteiger partial charge >= 0.3 is 0 Å². The number of rotatable bonds is 0. The topological polar surface area (TPSA) is 17.1 Å². The molecular weight excluding hydrogens is 240 g/mol. The van der Waals surface area contributed by atoms with Gasteiger partial charge in [0.1, 0.15) is 0 Å². The standard InChI is InChI=1S/C14H10OS.C2H4/c1-9-6-7-11-13(8-9)16-12-5-3-2-4-10(12)14(11)15;1-2/h2-8H,1H3;1-2H2. The lowest BCUT2D eigenvalue weighted by molar-refractivity contribution is 1.51. The maximum Gasteiger partial charge on any atom is 0.195 e. The zero-order chi connectivity index (χ0) is 13.1. The van der Waals surface area contributed by atoms with E-state index in [-0.39, 0.29) is 5.43 Å². The van der Waals surface area contributed by atoms with Crippen molar-refractivity contribution in [3.63, 3.8) is 0 Å². The van der Waals surface area contributed by atoms with Gasteiger partial charge in [-0.3, -0.25) is 4.79 Å². The molecule has 0 amide bonds. The van der Waals surface area contributed by atoms with Crippen LogP contribution in [0.3, 0.4) is 0 Å². The van der Waals surface area contributed by atoms with Gasteiger partial charge in [0.25, 0.3) is 0 Å². The molecule has 0 saturated carbocycles. The molecule has 0 unspecified atom stereocenters. The van der Waals surface area contributed by atoms with Gasteiger partial charge < -0.3 is 0 Å². The summed E-state index contributed by atoms with van der Waals surface area (Å²) in [5.41, 5.74) is 1.34. The van der Waals surface area contributed by atoms with Gasteiger partial charge in [-0.25, -0.2) is 0 Å². The molecule has 0 spiro atoms. The second-order valence-corrected chi connectivity index (χ2v) is 5.01. The van der Waals surface area contributed by atoms with Crippen LogP contribution in [-0.2, 0) is 0 Å². The highest BCUT2D eigenvalue weighted by Crippen LogP contribution is 2.24. The van der Waals surface area contributed by atoms with Crippen molar-refractivity contribution in [2.24, 2.45) is 0 Å². The van der Waals surface area contributed by atoms with Crippen LogP contribution in [0.25, 0.3) is 20.2 Å². The van der Waals surface area contributed by atoms with Gasteiger partial charge in [0, 0.05) is 20.2 Å². The van der Waals surface area contributed by atoms with Crippen molar-refractivity contribution in [3.05, 3.63) is 71.4 Å². The Kier molecular flexibility index (Phi) is 3.58. The number of hydrogen-bond acceptors (Lipinski definition) is 2. The van der Waals surface area contributed by atoms with E-state index in [0.29, 0.717) is 0 Å². The van der Waals surface area contributed by atoms with Crippen LogP contribution < -0.4 is 5.43 Å². The normalized spacial score (nSPS) is 10.1. The number of fused-ring (bicyclic) bond motifs is 2. The van der Waals surface area contributed by atoms with Gasteiger partial charge in [0.2, 0.25) is 0 Å². The SMILES string of the molecule is C=C.Cc1ccc2c(=O)c3ccccc3sc2c1. The molecule has 0 radical (unpaired) electrons. The molecule has 3 aromatic rings. The predicted molar refractivity (Wildman–Crippen MR) is 81.6 cm³/mol. The van der Waals surface area contributed by atoms with E-state index < -0.39 is 0 Å². The second kappa shape index (κ2) is 5.15. The fourth-order valence-corrected chi connectivity index (χ4v) is 3.08. The van der Waals surface area contributed by atoms with Gasteiger partial charge in [-0.15, -0.1) is 24.5 Å². The molecule has 0 atom stereocenters. The Morgan fingerprint density at radius 1 is 0.944 bits per heavy atom. The van der Waals surface area contributed by atoms with E-state index in [1.54, 1.807) is 11.3 Å². The van der Waals surface area contributed by atoms with Crippen LogP contribution in [0.2, 0.25) is 0 Å². The summed E-state index contributed by atoms with van der Waals surface area (Å²) in [6, 6.07) is 13.8. The van der Waals surface area contributed by atoms with Gasteiger partial charge in [-0.2, -0.15) is 0 Å². The molecule has 2 heteroatoms. The molecule has 0 aliphatic heterocycles. The summed E-state index contributed by atoms with van der Waals surface area (Å²) in [7, 11) is 0. The van der Waals surface area contributed by atoms with Crippen molar-refractivity contribution in [2.75, 3.05) is 0 Å². The largest absolute Gasteiger partial charge is 0.289 e. The summed E-state index contributed by atoms with van der Waals surface area (Å²) in [4.78, 5) is 12.2. The molecule has 3 rings (SSSR count). The molecule has 0 fully saturated rings. The lowest BCUT2D eigenvalue weighted by Gasteiger charge is -2.01. The molecule has 1 heterocycles. The fourth-order valence-electron chi connectivity index (χ4n) is 1.91. The van der Waals surface area contributed by atoms with Crippen LogP contribution in [-0.4, -0.2) is 0 Å². The minimum Gasteiger partial charge on any atom is -0.289 e. The highest BCUT2D eigenvalue weighted by molar-refractivity contribution is 7.24. The molecule has 0 aliphatic carbocycles. The van der Waals surface area contributed by atoms with E-state index in [2.05, 4.69) is 19.2 Å². The smallest absolute Gasteiger partial charge is 0.195 e. The maximum atomic E-state index is 12.2. The molecule has 0 N–H and O–H groups in total. The second-order valence-electron chi connectivity index (χ2n) is 3.93. The summed E-state index contributed by atoms with van der Waals surface area (Å²) in [6.45, 7) is 8.05. The molecule has 0 aliphatic rings. The molecule has 1 nitrogen and oxygen atoms in total. The Hall–Kier alpha value is -1.93. The molecule has 90 valence electrons. The quantitative estimate of drug-likeness (QED) is 0.425. The summed E-state index contributed by atoms with van der Waals surface area (Å²) in [5, 5.41) is 1.65. The lowest BCUT2D eigenvalue weighted by Crippen LogP contribution is -2.00. The van der Waals surface area contributed by atoms with Crippen LogP contribution in [0.15, 0.2) is 60.4 Å². The van der Waals surface area contributed by atoms with E-state index in [4.69, 9.17) is 0 Å². The minimum absolute atomic E-state index is 0.143. The Morgan fingerprint density at radius 2 is 1.61 bits per heavy atom. The molecule has 18 heavy (non-hydrogen) atoms. The van der Waals surface area contributed by atoms with Gasteiger partial charge in [-0.1, -0.05) is 18.2 Å². The molecule has 0 saturated heterocycles. The van der Waals surface area contributed by atoms with Crippen LogP contribution in [0.5, 0.6) is 0 Å². The lowest BCUT2D eigenvalue weighted by atomic mass is 10.1. The average Bonchev–Trinajstić information content (AvgIpc) is 2.41. The zero-order valence-electron chi connectivity index (χ0n) is 10.3. The number of hydrogen-bond donors (Lipinski definition) is 0. The molecular formula is C16H14OS. The summed E-state index contributed by atoms with van der Waals surface area (Å²) in [5.74, 6) is 0.